The molecule has 0 aliphatic carbocycles. The number of rotatable bonds is 1. The van der Waals surface area contributed by atoms with E-state index in [2.05, 4.69) is 5.32 Å². The van der Waals surface area contributed by atoms with Crippen molar-refractivity contribution in [2.75, 3.05) is 31.9 Å². The minimum Gasteiger partial charge on any atom is -0.398 e. The van der Waals surface area contributed by atoms with Crippen molar-refractivity contribution < 1.29 is 9.59 Å². The van der Waals surface area contributed by atoms with Gasteiger partial charge in [-0.05, 0) is 18.2 Å². The molecule has 3 amide bonds. The highest BCUT2D eigenvalue weighted by Gasteiger charge is 2.37. The maximum atomic E-state index is 12.5. The van der Waals surface area contributed by atoms with Crippen LogP contribution in [0.2, 0.25) is 5.02 Å². The van der Waals surface area contributed by atoms with Gasteiger partial charge in [0.25, 0.3) is 5.91 Å². The van der Waals surface area contributed by atoms with Crippen LogP contribution in [0.25, 0.3) is 0 Å². The van der Waals surface area contributed by atoms with Crippen molar-refractivity contribution >= 4 is 29.2 Å². The lowest BCUT2D eigenvalue weighted by atomic mass is 10.1. The monoisotopic (exact) mass is 294 g/mol. The summed E-state index contributed by atoms with van der Waals surface area (Å²) in [5.74, 6) is -0.135. The first kappa shape index (κ1) is 13.1. The molecule has 0 bridgehead atoms. The Labute approximate surface area is 121 Å². The summed E-state index contributed by atoms with van der Waals surface area (Å²) in [4.78, 5) is 27.5. The van der Waals surface area contributed by atoms with Gasteiger partial charge in [-0.1, -0.05) is 11.6 Å². The number of nitrogens with one attached hydrogen (secondary N) is 1. The molecule has 0 radical (unpaired) electrons. The first-order valence-electron chi connectivity index (χ1n) is 6.45. The van der Waals surface area contributed by atoms with Gasteiger partial charge in [-0.15, -0.1) is 0 Å². The third kappa shape index (κ3) is 2.16. The van der Waals surface area contributed by atoms with E-state index in [-0.39, 0.29) is 18.0 Å². The summed E-state index contributed by atoms with van der Waals surface area (Å²) >= 11 is 5.92. The summed E-state index contributed by atoms with van der Waals surface area (Å²) in [7, 11) is 0. The van der Waals surface area contributed by atoms with Crippen LogP contribution >= 0.6 is 11.6 Å². The van der Waals surface area contributed by atoms with Crippen molar-refractivity contribution in [3.63, 3.8) is 0 Å². The van der Waals surface area contributed by atoms with Crippen molar-refractivity contribution in [2.24, 2.45) is 0 Å². The number of hydrogen-bond acceptors (Lipinski definition) is 3. The van der Waals surface area contributed by atoms with E-state index in [9.17, 15) is 9.59 Å². The molecule has 3 N–H and O–H groups in total. The fourth-order valence-corrected chi connectivity index (χ4v) is 2.84. The maximum Gasteiger partial charge on any atom is 0.317 e. The zero-order valence-electron chi connectivity index (χ0n) is 10.8. The third-order valence-corrected chi connectivity index (χ3v) is 4.00. The van der Waals surface area contributed by atoms with Crippen molar-refractivity contribution in [3.8, 4) is 0 Å². The minimum atomic E-state index is -0.135. The van der Waals surface area contributed by atoms with Crippen molar-refractivity contribution in [2.45, 2.75) is 6.04 Å². The molecule has 0 saturated carbocycles. The molecule has 3 rings (SSSR count). The number of nitrogens with two attached hydrogens (primary N) is 1. The van der Waals surface area contributed by atoms with Gasteiger partial charge in [-0.25, -0.2) is 4.79 Å². The van der Waals surface area contributed by atoms with Gasteiger partial charge in [0.05, 0.1) is 11.6 Å². The van der Waals surface area contributed by atoms with E-state index in [4.69, 9.17) is 17.3 Å². The Morgan fingerprint density at radius 3 is 3.00 bits per heavy atom. The normalized spacial score (nSPS) is 21.6. The lowest BCUT2D eigenvalue weighted by Gasteiger charge is -2.36. The Kier molecular flexibility index (Phi) is 3.17. The van der Waals surface area contributed by atoms with E-state index in [1.807, 2.05) is 0 Å². The number of nitrogen functional groups attached to an aromatic ring is 1. The van der Waals surface area contributed by atoms with Crippen molar-refractivity contribution in [1.82, 2.24) is 15.1 Å². The Hall–Kier alpha value is -1.95. The molecular formula is C13H15ClN4O2. The number of carbonyl (C=O) groups is 2. The summed E-state index contributed by atoms with van der Waals surface area (Å²) in [5, 5.41) is 3.27. The van der Waals surface area contributed by atoms with Crippen LogP contribution in [0.4, 0.5) is 10.5 Å². The molecule has 1 aromatic rings. The minimum absolute atomic E-state index is 0.0422. The van der Waals surface area contributed by atoms with E-state index in [0.29, 0.717) is 42.5 Å². The molecule has 0 spiro atoms. The number of nitrogens with zero attached hydrogens (tertiary/aromatic N) is 2. The highest BCUT2D eigenvalue weighted by Crippen LogP contribution is 2.22. The molecule has 6 nitrogen and oxygen atoms in total. The average Bonchev–Trinajstić information content (AvgIpc) is 2.82. The van der Waals surface area contributed by atoms with Crippen LogP contribution in [0.5, 0.6) is 0 Å². The first-order chi connectivity index (χ1) is 9.56. The van der Waals surface area contributed by atoms with Crippen LogP contribution in [0.15, 0.2) is 18.2 Å². The molecule has 2 fully saturated rings. The van der Waals surface area contributed by atoms with E-state index in [0.717, 1.165) is 0 Å². The van der Waals surface area contributed by atoms with Crippen molar-refractivity contribution in [3.05, 3.63) is 28.8 Å². The van der Waals surface area contributed by atoms with Gasteiger partial charge in [0.2, 0.25) is 0 Å². The number of carbonyl (C=O) groups excluding carboxylic acids is 2. The van der Waals surface area contributed by atoms with Gasteiger partial charge in [-0.3, -0.25) is 4.79 Å². The molecule has 7 heteroatoms. The zero-order chi connectivity index (χ0) is 14.3. The van der Waals surface area contributed by atoms with Crippen molar-refractivity contribution in [1.29, 1.82) is 0 Å². The van der Waals surface area contributed by atoms with E-state index in [1.165, 1.54) is 0 Å². The summed E-state index contributed by atoms with van der Waals surface area (Å²) < 4.78 is 0. The predicted molar refractivity (Wildman–Crippen MR) is 75.7 cm³/mol. The fourth-order valence-electron chi connectivity index (χ4n) is 2.67. The van der Waals surface area contributed by atoms with Crippen LogP contribution in [0.3, 0.4) is 0 Å². The number of hydrogen-bond donors (Lipinski definition) is 2. The van der Waals surface area contributed by atoms with Crippen LogP contribution in [0.1, 0.15) is 10.4 Å². The molecular weight excluding hydrogens is 280 g/mol. The Morgan fingerprint density at radius 1 is 1.40 bits per heavy atom. The van der Waals surface area contributed by atoms with Gasteiger partial charge in [0.15, 0.2) is 0 Å². The summed E-state index contributed by atoms with van der Waals surface area (Å²) in [6, 6.07) is 4.87. The third-order valence-electron chi connectivity index (χ3n) is 3.77. The number of urea groups is 1. The second-order valence-corrected chi connectivity index (χ2v) is 5.45. The van der Waals surface area contributed by atoms with Gasteiger partial charge in [0.1, 0.15) is 0 Å². The summed E-state index contributed by atoms with van der Waals surface area (Å²) in [5.41, 5.74) is 6.68. The van der Waals surface area contributed by atoms with Crippen LogP contribution < -0.4 is 11.1 Å². The lowest BCUT2D eigenvalue weighted by Crippen LogP contribution is -2.53. The predicted octanol–water partition coefficient (Wildman–Crippen LogP) is 0.772. The molecule has 2 saturated heterocycles. The SMILES string of the molecule is Nc1ccc(Cl)cc1C(=O)N1CCN2C(=O)NCC2C1. The van der Waals surface area contributed by atoms with Crippen LogP contribution in [0, 0.1) is 0 Å². The molecule has 0 aromatic heterocycles. The Morgan fingerprint density at radius 2 is 2.20 bits per heavy atom. The molecule has 2 heterocycles. The smallest absolute Gasteiger partial charge is 0.317 e. The number of fused-ring (bicyclic) bond motifs is 1. The molecule has 1 aromatic carbocycles. The van der Waals surface area contributed by atoms with Gasteiger partial charge >= 0.3 is 6.03 Å². The highest BCUT2D eigenvalue weighted by molar-refractivity contribution is 6.31. The second-order valence-electron chi connectivity index (χ2n) is 5.02. The molecule has 106 valence electrons. The number of piperazine rings is 1. The van der Waals surface area contributed by atoms with Gasteiger partial charge < -0.3 is 20.9 Å². The molecule has 2 aliphatic heterocycles. The van der Waals surface area contributed by atoms with E-state index < -0.39 is 0 Å². The Balaban J connectivity index is 1.78. The van der Waals surface area contributed by atoms with E-state index >= 15 is 0 Å². The van der Waals surface area contributed by atoms with Gasteiger partial charge in [0, 0.05) is 36.9 Å². The van der Waals surface area contributed by atoms with E-state index in [1.54, 1.807) is 28.0 Å². The highest BCUT2D eigenvalue weighted by atomic mass is 35.5. The molecule has 20 heavy (non-hydrogen) atoms. The topological polar surface area (TPSA) is 78.7 Å². The number of anilines is 1. The molecule has 1 unspecified atom stereocenters. The van der Waals surface area contributed by atoms with Gasteiger partial charge in [-0.2, -0.15) is 0 Å². The second kappa shape index (κ2) is 4.86. The summed E-state index contributed by atoms with van der Waals surface area (Å²) in [6.45, 7) is 2.15. The summed E-state index contributed by atoms with van der Waals surface area (Å²) in [6.07, 6.45) is 0. The molecule has 1 atom stereocenters. The number of halogens is 1. The maximum absolute atomic E-state index is 12.5. The largest absolute Gasteiger partial charge is 0.398 e. The average molecular weight is 295 g/mol. The quantitative estimate of drug-likeness (QED) is 0.751. The zero-order valence-corrected chi connectivity index (χ0v) is 11.6. The fraction of sp³-hybridized carbons (Fsp3) is 0.385. The number of benzene rings is 1. The molecule has 2 aliphatic rings. The van der Waals surface area contributed by atoms with Crippen LogP contribution in [-0.4, -0.2) is 54.0 Å². The standard InChI is InChI=1S/C13H15ClN4O2/c14-8-1-2-11(15)10(5-8)12(19)17-3-4-18-9(7-17)6-16-13(18)20/h1-2,5,9H,3-4,6-7,15H2,(H,16,20). The Bertz CT molecular complexity index is 577. The van der Waals surface area contributed by atoms with Crippen LogP contribution in [-0.2, 0) is 0 Å². The first-order valence-corrected chi connectivity index (χ1v) is 6.83. The number of amides is 3. The lowest BCUT2D eigenvalue weighted by molar-refractivity contribution is 0.0618.